The highest BCUT2D eigenvalue weighted by Crippen LogP contribution is 2.61. The van der Waals surface area contributed by atoms with E-state index in [0.29, 0.717) is 53.5 Å². The highest BCUT2D eigenvalue weighted by atomic mass is 35.5. The maximum Gasteiger partial charge on any atom is 0.584 e. The van der Waals surface area contributed by atoms with E-state index < -0.39 is 7.82 Å². The Morgan fingerprint density at radius 2 is 0.902 bits per heavy atom. The molecule has 0 unspecified atom stereocenters. The molecule has 41 heavy (non-hydrogen) atoms. The fraction of sp³-hybridized carbons (Fsp3) is 0. The highest BCUT2D eigenvalue weighted by molar-refractivity contribution is 7.48. The van der Waals surface area contributed by atoms with Gasteiger partial charge in [0.2, 0.25) is 0 Å². The molecule has 0 radical (unpaired) electrons. The second kappa shape index (κ2) is 9.96. The number of benzene rings is 6. The largest absolute Gasteiger partial charge is 0.584 e. The molecule has 0 saturated carbocycles. The molecule has 0 atom stereocenters. The van der Waals surface area contributed by atoms with Crippen molar-refractivity contribution in [3.05, 3.63) is 117 Å². The van der Waals surface area contributed by atoms with E-state index in [-0.39, 0.29) is 11.5 Å². The summed E-state index contributed by atoms with van der Waals surface area (Å²) in [5.41, 5.74) is 3.51. The minimum Gasteiger partial charge on any atom is -0.394 e. The third kappa shape index (κ3) is 4.75. The van der Waals surface area contributed by atoms with Crippen molar-refractivity contribution < 1.29 is 18.5 Å². The first kappa shape index (κ1) is 26.7. The molecule has 0 amide bonds. The Hall–Kier alpha value is -3.21. The summed E-state index contributed by atoms with van der Waals surface area (Å²) in [5, 5.41) is 5.02. The molecule has 0 aliphatic carbocycles. The van der Waals surface area contributed by atoms with Crippen LogP contribution in [-0.4, -0.2) is 4.89 Å². The van der Waals surface area contributed by atoms with Crippen LogP contribution >= 0.6 is 54.2 Å². The second-order valence-electron chi connectivity index (χ2n) is 9.67. The predicted molar refractivity (Wildman–Crippen MR) is 169 cm³/mol. The summed E-state index contributed by atoms with van der Waals surface area (Å²) < 4.78 is 25.6. The lowest BCUT2D eigenvalue weighted by Gasteiger charge is -2.19. The van der Waals surface area contributed by atoms with Crippen molar-refractivity contribution in [1.29, 1.82) is 0 Å². The monoisotopic (exact) mass is 636 g/mol. The van der Waals surface area contributed by atoms with Gasteiger partial charge in [-0.2, -0.15) is 0 Å². The van der Waals surface area contributed by atoms with Crippen molar-refractivity contribution in [3.63, 3.8) is 0 Å². The lowest BCUT2D eigenvalue weighted by molar-refractivity contribution is 0.295. The molecule has 1 aliphatic rings. The van der Waals surface area contributed by atoms with E-state index >= 15 is 0 Å². The van der Waals surface area contributed by atoms with Gasteiger partial charge in [0.05, 0.1) is 0 Å². The molecule has 1 aliphatic heterocycles. The quantitative estimate of drug-likeness (QED) is 0.192. The van der Waals surface area contributed by atoms with Gasteiger partial charge in [-0.05, 0) is 81.2 Å². The number of phosphoric ester groups is 1. The summed E-state index contributed by atoms with van der Waals surface area (Å²) in [6.07, 6.45) is 0. The second-order valence-corrected chi connectivity index (χ2v) is 12.7. The van der Waals surface area contributed by atoms with Crippen LogP contribution < -0.4 is 9.05 Å². The van der Waals surface area contributed by atoms with Crippen LogP contribution in [0.1, 0.15) is 0 Å². The van der Waals surface area contributed by atoms with Gasteiger partial charge in [0.1, 0.15) is 11.5 Å². The molecule has 4 nitrogen and oxygen atoms in total. The Labute approximate surface area is 255 Å². The number of phosphoric acid groups is 1. The molecule has 0 fully saturated rings. The molecular weight excluding hydrogens is 621 g/mol. The third-order valence-corrected chi connectivity index (χ3v) is 8.71. The minimum atomic E-state index is -4.72. The number of hydrogen-bond donors (Lipinski definition) is 1. The SMILES string of the molecule is O=P1(O)Oc2c(-c3cc(Cl)cc(Cl)c3)cc3ccccc3c2-c2c(c(-c3cc(Cl)cc(Cl)c3)cc3ccccc23)O1. The molecule has 0 saturated heterocycles. The Bertz CT molecular complexity index is 1920. The first-order valence-corrected chi connectivity index (χ1v) is 15.4. The van der Waals surface area contributed by atoms with Gasteiger partial charge >= 0.3 is 7.82 Å². The Kier molecular flexibility index (Phi) is 6.48. The van der Waals surface area contributed by atoms with Gasteiger partial charge in [-0.25, -0.2) is 4.57 Å². The van der Waals surface area contributed by atoms with E-state index in [1.807, 2.05) is 60.7 Å². The molecule has 1 N–H and O–H groups in total. The molecule has 0 spiro atoms. The Morgan fingerprint density at radius 3 is 1.29 bits per heavy atom. The number of halogens is 4. The Balaban J connectivity index is 1.71. The normalized spacial score (nSPS) is 13.7. The molecule has 9 heteroatoms. The summed E-state index contributed by atoms with van der Waals surface area (Å²) in [5.74, 6) is 0.357. The topological polar surface area (TPSA) is 55.8 Å². The van der Waals surface area contributed by atoms with E-state index in [9.17, 15) is 9.46 Å². The molecular formula is C32H17Cl4O4P. The zero-order valence-electron chi connectivity index (χ0n) is 20.9. The van der Waals surface area contributed by atoms with Gasteiger partial charge < -0.3 is 9.05 Å². The fourth-order valence-corrected chi connectivity index (χ4v) is 7.37. The van der Waals surface area contributed by atoms with E-state index in [1.165, 1.54) is 0 Å². The maximum atomic E-state index is 13.7. The van der Waals surface area contributed by atoms with Gasteiger partial charge in [-0.15, -0.1) is 0 Å². The van der Waals surface area contributed by atoms with E-state index in [2.05, 4.69) is 0 Å². The minimum absolute atomic E-state index is 0.179. The molecule has 6 aromatic rings. The third-order valence-electron chi connectivity index (χ3n) is 7.01. The van der Waals surface area contributed by atoms with Crippen molar-refractivity contribution in [2.45, 2.75) is 0 Å². The zero-order chi connectivity index (χ0) is 28.5. The van der Waals surface area contributed by atoms with Crippen molar-refractivity contribution in [1.82, 2.24) is 0 Å². The molecule has 1 heterocycles. The van der Waals surface area contributed by atoms with Crippen molar-refractivity contribution in [3.8, 4) is 44.9 Å². The van der Waals surface area contributed by atoms with Crippen LogP contribution in [0.2, 0.25) is 20.1 Å². The fourth-order valence-electron chi connectivity index (χ4n) is 5.44. The number of rotatable bonds is 2. The molecule has 6 aromatic carbocycles. The van der Waals surface area contributed by atoms with Crippen LogP contribution in [0, 0.1) is 0 Å². The van der Waals surface area contributed by atoms with Crippen LogP contribution in [0.5, 0.6) is 11.5 Å². The number of fused-ring (bicyclic) bond motifs is 7. The standard InChI is InChI=1S/C32H17Cl4O4P/c33-21-9-19(10-22(34)15-21)27-13-17-5-1-3-7-25(17)29-30-26-8-4-2-6-18(26)14-28(20-11-23(35)16-24(36)12-20)32(30)40-41(37,38)39-31(27)29/h1-16H,(H,37,38). The van der Waals surface area contributed by atoms with Gasteiger partial charge in [0, 0.05) is 42.3 Å². The van der Waals surface area contributed by atoms with E-state index in [4.69, 9.17) is 55.5 Å². The van der Waals surface area contributed by atoms with E-state index in [0.717, 1.165) is 21.5 Å². The smallest absolute Gasteiger partial charge is 0.394 e. The first-order chi connectivity index (χ1) is 19.7. The molecule has 0 aromatic heterocycles. The van der Waals surface area contributed by atoms with Crippen molar-refractivity contribution in [2.24, 2.45) is 0 Å². The Morgan fingerprint density at radius 1 is 0.537 bits per heavy atom. The van der Waals surface area contributed by atoms with Crippen LogP contribution in [-0.2, 0) is 4.57 Å². The average Bonchev–Trinajstić information content (AvgIpc) is 3.04. The van der Waals surface area contributed by atoms with Gasteiger partial charge in [-0.1, -0.05) is 94.9 Å². The summed E-state index contributed by atoms with van der Waals surface area (Å²) in [7, 11) is -4.72. The lowest BCUT2D eigenvalue weighted by Crippen LogP contribution is -2.00. The average molecular weight is 638 g/mol. The number of hydrogen-bond acceptors (Lipinski definition) is 3. The molecule has 202 valence electrons. The predicted octanol–water partition coefficient (Wildman–Crippen LogP) is 11.5. The van der Waals surface area contributed by atoms with Crippen LogP contribution in [0.25, 0.3) is 54.9 Å². The van der Waals surface area contributed by atoms with E-state index in [1.54, 1.807) is 36.4 Å². The molecule has 0 bridgehead atoms. The van der Waals surface area contributed by atoms with Crippen molar-refractivity contribution in [2.75, 3.05) is 0 Å². The van der Waals surface area contributed by atoms with Gasteiger partial charge in [0.25, 0.3) is 0 Å². The van der Waals surface area contributed by atoms with Crippen LogP contribution in [0.3, 0.4) is 0 Å². The van der Waals surface area contributed by atoms with Gasteiger partial charge in [-0.3, -0.25) is 4.89 Å². The van der Waals surface area contributed by atoms with Crippen LogP contribution in [0.4, 0.5) is 0 Å². The zero-order valence-corrected chi connectivity index (χ0v) is 24.8. The maximum absolute atomic E-state index is 13.7. The summed E-state index contributed by atoms with van der Waals surface area (Å²) in [6, 6.07) is 29.5. The summed E-state index contributed by atoms with van der Waals surface area (Å²) in [4.78, 5) is 11.2. The van der Waals surface area contributed by atoms with Crippen molar-refractivity contribution >= 4 is 75.8 Å². The summed E-state index contributed by atoms with van der Waals surface area (Å²) in [6.45, 7) is 0. The first-order valence-electron chi connectivity index (χ1n) is 12.4. The van der Waals surface area contributed by atoms with Gasteiger partial charge in [0.15, 0.2) is 0 Å². The van der Waals surface area contributed by atoms with Crippen LogP contribution in [0.15, 0.2) is 97.1 Å². The summed E-state index contributed by atoms with van der Waals surface area (Å²) >= 11 is 25.5. The molecule has 7 rings (SSSR count). The lowest BCUT2D eigenvalue weighted by atomic mass is 9.86. The highest BCUT2D eigenvalue weighted by Gasteiger charge is 2.37.